The highest BCUT2D eigenvalue weighted by Gasteiger charge is 2.07. The van der Waals surface area contributed by atoms with Crippen LogP contribution in [0.25, 0.3) is 0 Å². The van der Waals surface area contributed by atoms with Crippen LogP contribution in [0.15, 0.2) is 5.16 Å². The Morgan fingerprint density at radius 2 is 2.12 bits per heavy atom. The fourth-order valence-corrected chi connectivity index (χ4v) is 3.09. The summed E-state index contributed by atoms with van der Waals surface area (Å²) in [6.45, 7) is 5.61. The van der Waals surface area contributed by atoms with E-state index < -0.39 is 0 Å². The monoisotopic (exact) mass is 260 g/mol. The molecule has 0 aliphatic carbocycles. The van der Waals surface area contributed by atoms with Crippen molar-refractivity contribution >= 4 is 23.5 Å². The second-order valence-electron chi connectivity index (χ2n) is 3.37. The van der Waals surface area contributed by atoms with Crippen LogP contribution in [0.2, 0.25) is 0 Å². The van der Waals surface area contributed by atoms with Crippen LogP contribution in [0.3, 0.4) is 0 Å². The van der Waals surface area contributed by atoms with E-state index in [-0.39, 0.29) is 0 Å². The van der Waals surface area contributed by atoms with E-state index in [0.29, 0.717) is 6.54 Å². The van der Waals surface area contributed by atoms with Crippen molar-refractivity contribution in [2.45, 2.75) is 32.0 Å². The molecule has 92 valence electrons. The largest absolute Gasteiger partial charge is 0.329 e. The predicted octanol–water partition coefficient (Wildman–Crippen LogP) is 1.78. The molecule has 0 amide bonds. The number of thioether (sulfide) groups is 2. The van der Waals surface area contributed by atoms with E-state index in [0.717, 1.165) is 23.3 Å². The van der Waals surface area contributed by atoms with Gasteiger partial charge in [-0.25, -0.2) is 0 Å². The highest BCUT2D eigenvalue weighted by Crippen LogP contribution is 2.18. The summed E-state index contributed by atoms with van der Waals surface area (Å²) in [7, 11) is 0. The fourth-order valence-electron chi connectivity index (χ4n) is 1.32. The Hall–Kier alpha value is -0.200. The SMILES string of the molecule is CCSCCCSc1nnc(C)n1CCN. The van der Waals surface area contributed by atoms with E-state index >= 15 is 0 Å². The molecule has 0 saturated heterocycles. The quantitative estimate of drug-likeness (QED) is 0.570. The average Bonchev–Trinajstić information content (AvgIpc) is 2.62. The zero-order valence-electron chi connectivity index (χ0n) is 9.98. The molecule has 4 nitrogen and oxygen atoms in total. The Labute approximate surface area is 106 Å². The molecule has 16 heavy (non-hydrogen) atoms. The summed E-state index contributed by atoms with van der Waals surface area (Å²) in [6.07, 6.45) is 1.22. The first-order chi connectivity index (χ1) is 7.79. The molecule has 0 unspecified atom stereocenters. The molecule has 0 bridgehead atoms. The van der Waals surface area contributed by atoms with Crippen molar-refractivity contribution in [1.82, 2.24) is 14.8 Å². The normalized spacial score (nSPS) is 10.9. The van der Waals surface area contributed by atoms with E-state index in [4.69, 9.17) is 5.73 Å². The van der Waals surface area contributed by atoms with Gasteiger partial charge in [0, 0.05) is 18.8 Å². The maximum atomic E-state index is 5.56. The minimum absolute atomic E-state index is 0.637. The minimum Gasteiger partial charge on any atom is -0.329 e. The summed E-state index contributed by atoms with van der Waals surface area (Å²) >= 11 is 3.77. The van der Waals surface area contributed by atoms with Crippen molar-refractivity contribution in [2.75, 3.05) is 23.8 Å². The van der Waals surface area contributed by atoms with Gasteiger partial charge in [0.15, 0.2) is 5.16 Å². The van der Waals surface area contributed by atoms with Gasteiger partial charge in [0.05, 0.1) is 0 Å². The molecule has 6 heteroatoms. The maximum Gasteiger partial charge on any atom is 0.191 e. The number of aromatic nitrogens is 3. The van der Waals surface area contributed by atoms with Crippen LogP contribution in [-0.2, 0) is 6.54 Å². The van der Waals surface area contributed by atoms with Crippen LogP contribution in [0.5, 0.6) is 0 Å². The number of hydrogen-bond acceptors (Lipinski definition) is 5. The van der Waals surface area contributed by atoms with E-state index in [9.17, 15) is 0 Å². The van der Waals surface area contributed by atoms with E-state index in [2.05, 4.69) is 21.7 Å². The third-order valence-electron chi connectivity index (χ3n) is 2.12. The highest BCUT2D eigenvalue weighted by atomic mass is 32.2. The summed E-state index contributed by atoms with van der Waals surface area (Å²) in [4.78, 5) is 0. The lowest BCUT2D eigenvalue weighted by Gasteiger charge is -2.05. The first-order valence-electron chi connectivity index (χ1n) is 5.60. The first kappa shape index (κ1) is 13.9. The minimum atomic E-state index is 0.637. The van der Waals surface area contributed by atoms with Gasteiger partial charge in [-0.2, -0.15) is 11.8 Å². The standard InChI is InChI=1S/C10H20N4S2/c1-3-15-7-4-8-16-10-13-12-9(2)14(10)6-5-11/h3-8,11H2,1-2H3. The number of nitrogens with zero attached hydrogens (tertiary/aromatic N) is 3. The third kappa shape index (κ3) is 4.35. The van der Waals surface area contributed by atoms with Gasteiger partial charge >= 0.3 is 0 Å². The Morgan fingerprint density at radius 1 is 1.31 bits per heavy atom. The lowest BCUT2D eigenvalue weighted by atomic mass is 10.6. The van der Waals surface area contributed by atoms with Gasteiger partial charge in [-0.15, -0.1) is 10.2 Å². The van der Waals surface area contributed by atoms with Crippen molar-refractivity contribution < 1.29 is 0 Å². The molecule has 1 aromatic rings. The van der Waals surface area contributed by atoms with Crippen LogP contribution < -0.4 is 5.73 Å². The molecule has 0 saturated carbocycles. The molecule has 0 aliphatic heterocycles. The number of nitrogens with two attached hydrogens (primary N) is 1. The summed E-state index contributed by atoms with van der Waals surface area (Å²) < 4.78 is 2.09. The molecule has 0 radical (unpaired) electrons. The number of aryl methyl sites for hydroxylation is 1. The van der Waals surface area contributed by atoms with Gasteiger partial charge in [-0.3, -0.25) is 0 Å². The van der Waals surface area contributed by atoms with Crippen molar-refractivity contribution in [2.24, 2.45) is 5.73 Å². The van der Waals surface area contributed by atoms with Crippen LogP contribution in [-0.4, -0.2) is 38.6 Å². The van der Waals surface area contributed by atoms with E-state index in [1.165, 1.54) is 17.9 Å². The van der Waals surface area contributed by atoms with Crippen LogP contribution >= 0.6 is 23.5 Å². The fraction of sp³-hybridized carbons (Fsp3) is 0.800. The molecule has 1 heterocycles. The molecular weight excluding hydrogens is 240 g/mol. The average molecular weight is 260 g/mol. The second kappa shape index (κ2) is 7.97. The summed E-state index contributed by atoms with van der Waals surface area (Å²) in [6, 6.07) is 0. The van der Waals surface area contributed by atoms with Gasteiger partial charge in [0.25, 0.3) is 0 Å². The van der Waals surface area contributed by atoms with Crippen molar-refractivity contribution in [3.63, 3.8) is 0 Å². The zero-order valence-corrected chi connectivity index (χ0v) is 11.6. The molecule has 1 aromatic heterocycles. The maximum absolute atomic E-state index is 5.56. The van der Waals surface area contributed by atoms with Gasteiger partial charge < -0.3 is 10.3 Å². The number of hydrogen-bond donors (Lipinski definition) is 1. The Kier molecular flexibility index (Phi) is 6.91. The van der Waals surface area contributed by atoms with Gasteiger partial charge in [0.1, 0.15) is 5.82 Å². The molecule has 0 fully saturated rings. The predicted molar refractivity (Wildman–Crippen MR) is 72.2 cm³/mol. The van der Waals surface area contributed by atoms with Crippen LogP contribution in [0.1, 0.15) is 19.2 Å². The smallest absolute Gasteiger partial charge is 0.191 e. The second-order valence-corrected chi connectivity index (χ2v) is 5.82. The van der Waals surface area contributed by atoms with Gasteiger partial charge in [-0.1, -0.05) is 18.7 Å². The lowest BCUT2D eigenvalue weighted by Crippen LogP contribution is -2.12. The molecule has 0 atom stereocenters. The van der Waals surface area contributed by atoms with Crippen LogP contribution in [0.4, 0.5) is 0 Å². The lowest BCUT2D eigenvalue weighted by molar-refractivity contribution is 0.627. The summed E-state index contributed by atoms with van der Waals surface area (Å²) in [5.41, 5.74) is 5.56. The molecule has 0 aromatic carbocycles. The van der Waals surface area contributed by atoms with Crippen molar-refractivity contribution in [3.05, 3.63) is 5.82 Å². The Morgan fingerprint density at radius 3 is 2.81 bits per heavy atom. The Balaban J connectivity index is 2.35. The number of rotatable bonds is 8. The van der Waals surface area contributed by atoms with Gasteiger partial charge in [0.2, 0.25) is 0 Å². The highest BCUT2D eigenvalue weighted by molar-refractivity contribution is 8.00. The van der Waals surface area contributed by atoms with Crippen molar-refractivity contribution in [1.29, 1.82) is 0 Å². The molecule has 0 spiro atoms. The molecule has 0 aliphatic rings. The topological polar surface area (TPSA) is 56.7 Å². The zero-order chi connectivity index (χ0) is 11.8. The van der Waals surface area contributed by atoms with E-state index in [1.807, 2.05) is 18.7 Å². The van der Waals surface area contributed by atoms with Crippen molar-refractivity contribution in [3.8, 4) is 0 Å². The van der Waals surface area contributed by atoms with E-state index in [1.54, 1.807) is 11.8 Å². The van der Waals surface area contributed by atoms with Crippen LogP contribution in [0, 0.1) is 6.92 Å². The Bertz CT molecular complexity index is 301. The molecule has 1 rings (SSSR count). The molecular formula is C10H20N4S2. The summed E-state index contributed by atoms with van der Waals surface area (Å²) in [5, 5.41) is 9.25. The first-order valence-corrected chi connectivity index (χ1v) is 7.74. The summed E-state index contributed by atoms with van der Waals surface area (Å²) in [5.74, 6) is 4.49. The third-order valence-corrected chi connectivity index (χ3v) is 4.16. The van der Waals surface area contributed by atoms with Gasteiger partial charge in [-0.05, 0) is 24.9 Å². The molecule has 2 N–H and O–H groups in total.